The Morgan fingerprint density at radius 1 is 1.46 bits per heavy atom. The minimum absolute atomic E-state index is 0.0756. The fourth-order valence-electron chi connectivity index (χ4n) is 1.66. The Hall–Kier alpha value is -0.290. The van der Waals surface area contributed by atoms with E-state index in [4.69, 9.17) is 5.11 Å². The molecule has 1 heterocycles. The molecule has 5 heteroatoms. The van der Waals surface area contributed by atoms with Gasteiger partial charge in [0.1, 0.15) is 5.67 Å². The highest BCUT2D eigenvalue weighted by molar-refractivity contribution is 4.87. The first-order chi connectivity index (χ1) is 6.06. The van der Waals surface area contributed by atoms with E-state index in [1.165, 1.54) is 4.90 Å². The average molecular weight is 197 g/mol. The number of hydrogen-bond acceptors (Lipinski definition) is 2. The van der Waals surface area contributed by atoms with E-state index in [0.29, 0.717) is 13.0 Å². The molecule has 78 valence electrons. The quantitative estimate of drug-likeness (QED) is 0.731. The normalized spacial score (nSPS) is 31.2. The molecule has 0 aliphatic carbocycles. The second-order valence-corrected chi connectivity index (χ2v) is 3.54. The molecule has 0 spiro atoms. The molecule has 1 fully saturated rings. The van der Waals surface area contributed by atoms with Gasteiger partial charge in [0.2, 0.25) is 0 Å². The lowest BCUT2D eigenvalue weighted by Crippen LogP contribution is -2.48. The van der Waals surface area contributed by atoms with Crippen LogP contribution in [0.2, 0.25) is 0 Å². The summed E-state index contributed by atoms with van der Waals surface area (Å²) in [6, 6.07) is 0. The summed E-state index contributed by atoms with van der Waals surface area (Å²) in [6.45, 7) is -0.553. The first-order valence-corrected chi connectivity index (χ1v) is 4.36. The van der Waals surface area contributed by atoms with Crippen molar-refractivity contribution in [2.24, 2.45) is 0 Å². The van der Waals surface area contributed by atoms with Crippen LogP contribution in [0.25, 0.3) is 0 Å². The van der Waals surface area contributed by atoms with E-state index in [2.05, 4.69) is 0 Å². The van der Waals surface area contributed by atoms with Crippen molar-refractivity contribution in [2.45, 2.75) is 24.9 Å². The van der Waals surface area contributed by atoms with Crippen molar-refractivity contribution in [1.29, 1.82) is 0 Å². The summed E-state index contributed by atoms with van der Waals surface area (Å²) in [5.41, 5.74) is -1.67. The molecular weight excluding hydrogens is 183 g/mol. The number of likely N-dealkylation sites (tertiary alicyclic amines) is 1. The third kappa shape index (κ3) is 3.15. The zero-order chi connectivity index (χ0) is 9.90. The molecular formula is C8H14F3NO. The molecule has 1 saturated heterocycles. The summed E-state index contributed by atoms with van der Waals surface area (Å²) in [5, 5.41) is 8.71. The molecule has 0 bridgehead atoms. The van der Waals surface area contributed by atoms with Crippen molar-refractivity contribution in [2.75, 3.05) is 26.2 Å². The highest BCUT2D eigenvalue weighted by Gasteiger charge is 2.35. The molecule has 1 atom stereocenters. The van der Waals surface area contributed by atoms with Crippen LogP contribution in [0.1, 0.15) is 12.8 Å². The van der Waals surface area contributed by atoms with Crippen molar-refractivity contribution in [3.63, 3.8) is 0 Å². The van der Waals surface area contributed by atoms with Crippen LogP contribution in [0, 0.1) is 0 Å². The third-order valence-corrected chi connectivity index (χ3v) is 2.29. The fourth-order valence-corrected chi connectivity index (χ4v) is 1.66. The zero-order valence-corrected chi connectivity index (χ0v) is 7.35. The minimum atomic E-state index is -2.43. The van der Waals surface area contributed by atoms with Gasteiger partial charge in [0, 0.05) is 6.54 Å². The molecule has 1 aliphatic heterocycles. The highest BCUT2D eigenvalue weighted by atomic mass is 19.3. The van der Waals surface area contributed by atoms with Crippen LogP contribution in [0.4, 0.5) is 13.2 Å². The Labute approximate surface area is 75.3 Å². The molecule has 0 aromatic rings. The number of aliphatic hydroxyl groups excluding tert-OH is 1. The number of halogens is 3. The van der Waals surface area contributed by atoms with Crippen LogP contribution in [0.3, 0.4) is 0 Å². The van der Waals surface area contributed by atoms with E-state index in [9.17, 15) is 13.2 Å². The van der Waals surface area contributed by atoms with Crippen LogP contribution in [0.15, 0.2) is 0 Å². The monoisotopic (exact) mass is 197 g/mol. The zero-order valence-electron chi connectivity index (χ0n) is 7.35. The lowest BCUT2D eigenvalue weighted by Gasteiger charge is -2.35. The van der Waals surface area contributed by atoms with Gasteiger partial charge in [-0.2, -0.15) is 0 Å². The van der Waals surface area contributed by atoms with Gasteiger partial charge in [-0.1, -0.05) is 0 Å². The SMILES string of the molecule is OCC1(F)CCCN(CC(F)F)C1. The summed E-state index contributed by atoms with van der Waals surface area (Å²) < 4.78 is 37.4. The minimum Gasteiger partial charge on any atom is -0.393 e. The average Bonchev–Trinajstić information content (AvgIpc) is 2.03. The van der Waals surface area contributed by atoms with Crippen LogP contribution in [-0.4, -0.2) is 48.3 Å². The summed E-state index contributed by atoms with van der Waals surface area (Å²) in [4.78, 5) is 1.37. The van der Waals surface area contributed by atoms with Gasteiger partial charge >= 0.3 is 0 Å². The van der Waals surface area contributed by atoms with Crippen molar-refractivity contribution in [3.05, 3.63) is 0 Å². The van der Waals surface area contributed by atoms with Crippen molar-refractivity contribution < 1.29 is 18.3 Å². The molecule has 1 N–H and O–H groups in total. The Kier molecular flexibility index (Phi) is 3.55. The van der Waals surface area contributed by atoms with Gasteiger partial charge in [0.05, 0.1) is 13.2 Å². The van der Waals surface area contributed by atoms with Gasteiger partial charge in [-0.3, -0.25) is 4.90 Å². The molecule has 0 radical (unpaired) electrons. The molecule has 1 rings (SSSR count). The standard InChI is InChI=1S/C8H14F3NO/c9-7(10)4-12-3-1-2-8(11,5-12)6-13/h7,13H,1-6H2. The Morgan fingerprint density at radius 3 is 2.69 bits per heavy atom. The van der Waals surface area contributed by atoms with Gasteiger partial charge in [-0.15, -0.1) is 0 Å². The van der Waals surface area contributed by atoms with E-state index >= 15 is 0 Å². The van der Waals surface area contributed by atoms with Gasteiger partial charge < -0.3 is 5.11 Å². The smallest absolute Gasteiger partial charge is 0.251 e. The second-order valence-electron chi connectivity index (χ2n) is 3.54. The molecule has 0 amide bonds. The summed E-state index contributed by atoms with van der Waals surface area (Å²) >= 11 is 0. The first-order valence-electron chi connectivity index (χ1n) is 4.36. The van der Waals surface area contributed by atoms with Crippen molar-refractivity contribution >= 4 is 0 Å². The van der Waals surface area contributed by atoms with E-state index in [1.54, 1.807) is 0 Å². The van der Waals surface area contributed by atoms with Crippen molar-refractivity contribution in [1.82, 2.24) is 4.90 Å². The largest absolute Gasteiger partial charge is 0.393 e. The van der Waals surface area contributed by atoms with E-state index < -0.39 is 25.2 Å². The van der Waals surface area contributed by atoms with Crippen LogP contribution >= 0.6 is 0 Å². The van der Waals surface area contributed by atoms with Crippen LogP contribution < -0.4 is 0 Å². The molecule has 0 saturated carbocycles. The van der Waals surface area contributed by atoms with E-state index in [1.807, 2.05) is 0 Å². The highest BCUT2D eigenvalue weighted by Crippen LogP contribution is 2.24. The second kappa shape index (κ2) is 4.28. The third-order valence-electron chi connectivity index (χ3n) is 2.29. The van der Waals surface area contributed by atoms with Gasteiger partial charge in [-0.25, -0.2) is 13.2 Å². The predicted octanol–water partition coefficient (Wildman–Crippen LogP) is 1.05. The van der Waals surface area contributed by atoms with Crippen molar-refractivity contribution in [3.8, 4) is 0 Å². The topological polar surface area (TPSA) is 23.5 Å². The first kappa shape index (κ1) is 10.8. The number of nitrogens with zero attached hydrogens (tertiary/aromatic N) is 1. The molecule has 0 aromatic carbocycles. The van der Waals surface area contributed by atoms with Gasteiger partial charge in [0.25, 0.3) is 6.43 Å². The maximum atomic E-state index is 13.5. The summed E-state index contributed by atoms with van der Waals surface area (Å²) in [6.07, 6.45) is -1.63. The summed E-state index contributed by atoms with van der Waals surface area (Å²) in [7, 11) is 0. The lowest BCUT2D eigenvalue weighted by molar-refractivity contribution is -0.0199. The maximum absolute atomic E-state index is 13.5. The lowest BCUT2D eigenvalue weighted by atomic mass is 9.96. The number of alkyl halides is 3. The number of rotatable bonds is 3. The van der Waals surface area contributed by atoms with E-state index in [-0.39, 0.29) is 13.0 Å². The number of hydrogen-bond donors (Lipinski definition) is 1. The van der Waals surface area contributed by atoms with Crippen LogP contribution in [0.5, 0.6) is 0 Å². The Balaban J connectivity index is 2.42. The molecule has 2 nitrogen and oxygen atoms in total. The molecule has 0 aromatic heterocycles. The molecule has 1 aliphatic rings. The van der Waals surface area contributed by atoms with Gasteiger partial charge in [-0.05, 0) is 19.4 Å². The Bertz CT molecular complexity index is 167. The van der Waals surface area contributed by atoms with Crippen LogP contribution in [-0.2, 0) is 0 Å². The Morgan fingerprint density at radius 2 is 2.15 bits per heavy atom. The number of piperidine rings is 1. The van der Waals surface area contributed by atoms with Gasteiger partial charge in [0.15, 0.2) is 0 Å². The molecule has 13 heavy (non-hydrogen) atoms. The maximum Gasteiger partial charge on any atom is 0.251 e. The van der Waals surface area contributed by atoms with E-state index in [0.717, 1.165) is 0 Å². The molecule has 1 unspecified atom stereocenters. The fraction of sp³-hybridized carbons (Fsp3) is 1.00. The summed E-state index contributed by atoms with van der Waals surface area (Å²) in [5.74, 6) is 0. The predicted molar refractivity (Wildman–Crippen MR) is 42.6 cm³/mol. The number of aliphatic hydroxyl groups is 1.